The van der Waals surface area contributed by atoms with Gasteiger partial charge in [0.1, 0.15) is 10.9 Å². The van der Waals surface area contributed by atoms with E-state index in [1.54, 1.807) is 20.8 Å². The van der Waals surface area contributed by atoms with Crippen molar-refractivity contribution in [2.75, 3.05) is 6.67 Å². The quantitative estimate of drug-likeness (QED) is 0.722. The van der Waals surface area contributed by atoms with E-state index in [2.05, 4.69) is 4.72 Å². The van der Waals surface area contributed by atoms with E-state index >= 15 is 0 Å². The minimum atomic E-state index is -1.61. The normalized spacial score (nSPS) is 18.3. The van der Waals surface area contributed by atoms with Crippen LogP contribution in [0.3, 0.4) is 0 Å². The molecule has 0 spiro atoms. The van der Waals surface area contributed by atoms with Gasteiger partial charge >= 0.3 is 0 Å². The molecule has 0 aliphatic heterocycles. The summed E-state index contributed by atoms with van der Waals surface area (Å²) in [6, 6.07) is -0.835. The molecule has 0 fully saturated rings. The summed E-state index contributed by atoms with van der Waals surface area (Å²) in [5, 5.41) is 0. The van der Waals surface area contributed by atoms with Crippen LogP contribution in [-0.4, -0.2) is 28.2 Å². The van der Waals surface area contributed by atoms with Crippen LogP contribution in [0.15, 0.2) is 12.4 Å². The third-order valence-corrected chi connectivity index (χ3v) is 3.73. The summed E-state index contributed by atoms with van der Waals surface area (Å²) in [5.41, 5.74) is 0. The van der Waals surface area contributed by atoms with E-state index in [-0.39, 0.29) is 19.2 Å². The van der Waals surface area contributed by atoms with E-state index in [4.69, 9.17) is 0 Å². The van der Waals surface area contributed by atoms with Crippen LogP contribution < -0.4 is 4.72 Å². The van der Waals surface area contributed by atoms with Gasteiger partial charge in [-0.15, -0.1) is 4.72 Å². The lowest BCUT2D eigenvalue weighted by Gasteiger charge is -2.28. The highest BCUT2D eigenvalue weighted by atomic mass is 32.2. The third kappa shape index (κ3) is 6.95. The topological polar surface area (TPSA) is 35.1 Å². The van der Waals surface area contributed by atoms with E-state index in [1.807, 2.05) is 0 Å². The van der Waals surface area contributed by atoms with Crippen LogP contribution in [-0.2, 0) is 11.4 Å². The standard InChI is InChI=1S/C11H20F3NOS/c1-11(2,3)17(16)15-10(5-4-7-12)9(14)6-8-13/h6,8-10,15H,4-5,7H2,1-3H3. The Morgan fingerprint density at radius 2 is 2.00 bits per heavy atom. The van der Waals surface area contributed by atoms with E-state index in [9.17, 15) is 17.7 Å². The summed E-state index contributed by atoms with van der Waals surface area (Å²) in [5.74, 6) is 0. The van der Waals surface area contributed by atoms with E-state index in [1.165, 1.54) is 0 Å². The fourth-order valence-corrected chi connectivity index (χ4v) is 1.97. The van der Waals surface area contributed by atoms with E-state index in [0.29, 0.717) is 0 Å². The Kier molecular flexibility index (Phi) is 7.91. The van der Waals surface area contributed by atoms with Gasteiger partial charge < -0.3 is 4.55 Å². The summed E-state index contributed by atoms with van der Waals surface area (Å²) >= 11 is -1.46. The van der Waals surface area contributed by atoms with Crippen molar-refractivity contribution in [3.05, 3.63) is 12.4 Å². The molecule has 0 amide bonds. The summed E-state index contributed by atoms with van der Waals surface area (Å²) < 4.78 is 51.3. The number of halogens is 3. The predicted octanol–water partition coefficient (Wildman–Crippen LogP) is 2.98. The van der Waals surface area contributed by atoms with Crippen LogP contribution in [0.4, 0.5) is 13.2 Å². The van der Waals surface area contributed by atoms with Crippen molar-refractivity contribution >= 4 is 11.4 Å². The van der Waals surface area contributed by atoms with Crippen molar-refractivity contribution < 1.29 is 17.7 Å². The van der Waals surface area contributed by atoms with Gasteiger partial charge in [-0.1, -0.05) is 0 Å². The molecule has 0 saturated carbocycles. The summed E-state index contributed by atoms with van der Waals surface area (Å²) in [6.07, 6.45) is -0.452. The Morgan fingerprint density at radius 1 is 1.41 bits per heavy atom. The first-order valence-corrected chi connectivity index (χ1v) is 6.63. The molecular formula is C11H20F3NOS. The first-order chi connectivity index (χ1) is 7.82. The number of hydrogen-bond acceptors (Lipinski definition) is 2. The van der Waals surface area contributed by atoms with Gasteiger partial charge in [-0.2, -0.15) is 0 Å². The maximum Gasteiger partial charge on any atom is 0.140 e. The predicted molar refractivity (Wildman–Crippen MR) is 65.2 cm³/mol. The van der Waals surface area contributed by atoms with Gasteiger partial charge in [-0.3, -0.25) is 4.39 Å². The molecule has 0 aliphatic rings. The molecule has 0 aliphatic carbocycles. The molecule has 0 aromatic heterocycles. The monoisotopic (exact) mass is 271 g/mol. The smallest absolute Gasteiger partial charge is 0.140 e. The van der Waals surface area contributed by atoms with Gasteiger partial charge in [0.15, 0.2) is 0 Å². The van der Waals surface area contributed by atoms with Gasteiger partial charge in [0.2, 0.25) is 0 Å². The highest BCUT2D eigenvalue weighted by Gasteiger charge is 2.31. The second-order valence-electron chi connectivity index (χ2n) is 4.70. The van der Waals surface area contributed by atoms with E-state index in [0.717, 1.165) is 6.08 Å². The van der Waals surface area contributed by atoms with Gasteiger partial charge in [-0.25, -0.2) is 8.78 Å². The van der Waals surface area contributed by atoms with Crippen LogP contribution in [0.25, 0.3) is 0 Å². The molecule has 17 heavy (non-hydrogen) atoms. The third-order valence-electron chi connectivity index (χ3n) is 2.10. The molecule has 3 unspecified atom stereocenters. The van der Waals surface area contributed by atoms with Crippen molar-refractivity contribution in [1.29, 1.82) is 0 Å². The van der Waals surface area contributed by atoms with E-state index < -0.39 is 35.0 Å². The number of rotatable bonds is 7. The Balaban J connectivity index is 4.47. The molecule has 2 nitrogen and oxygen atoms in total. The SMILES string of the molecule is CC(C)(C)[S+]([O-])NC(CCCF)C(F)C=CF. The average Bonchev–Trinajstić information content (AvgIpc) is 2.22. The minimum absolute atomic E-state index is 0.106. The van der Waals surface area contributed by atoms with Crippen LogP contribution in [0.5, 0.6) is 0 Å². The highest BCUT2D eigenvalue weighted by molar-refractivity contribution is 7.90. The van der Waals surface area contributed by atoms with Crippen molar-refractivity contribution in [3.8, 4) is 0 Å². The molecule has 0 aromatic carbocycles. The van der Waals surface area contributed by atoms with Gasteiger partial charge in [0.05, 0.1) is 19.0 Å². The van der Waals surface area contributed by atoms with Crippen molar-refractivity contribution in [1.82, 2.24) is 4.72 Å². The average molecular weight is 271 g/mol. The minimum Gasteiger partial charge on any atom is -0.598 e. The molecule has 6 heteroatoms. The van der Waals surface area contributed by atoms with Crippen LogP contribution in [0.2, 0.25) is 0 Å². The highest BCUT2D eigenvalue weighted by Crippen LogP contribution is 2.17. The van der Waals surface area contributed by atoms with Crippen LogP contribution >= 0.6 is 0 Å². The Labute approximate surface area is 104 Å². The molecule has 0 saturated heterocycles. The molecule has 0 aromatic rings. The van der Waals surface area contributed by atoms with Gasteiger partial charge in [0, 0.05) is 11.4 Å². The summed E-state index contributed by atoms with van der Waals surface area (Å²) in [6.45, 7) is 4.63. The number of nitrogens with one attached hydrogen (secondary N) is 1. The first kappa shape index (κ1) is 16.8. The fourth-order valence-electron chi connectivity index (χ4n) is 1.10. The Hall–Kier alpha value is -0.200. The van der Waals surface area contributed by atoms with Gasteiger partial charge in [-0.05, 0) is 39.7 Å². The maximum absolute atomic E-state index is 13.5. The molecule has 102 valence electrons. The molecule has 3 atom stereocenters. The number of alkyl halides is 2. The molecular weight excluding hydrogens is 251 g/mol. The fraction of sp³-hybridized carbons (Fsp3) is 0.818. The van der Waals surface area contributed by atoms with Gasteiger partial charge in [0.25, 0.3) is 0 Å². The first-order valence-electron chi connectivity index (χ1n) is 5.48. The van der Waals surface area contributed by atoms with Crippen LogP contribution in [0, 0.1) is 0 Å². The maximum atomic E-state index is 13.5. The lowest BCUT2D eigenvalue weighted by Crippen LogP contribution is -2.48. The van der Waals surface area contributed by atoms with Crippen LogP contribution in [0.1, 0.15) is 33.6 Å². The lowest BCUT2D eigenvalue weighted by molar-refractivity contribution is 0.296. The lowest BCUT2D eigenvalue weighted by atomic mass is 10.1. The zero-order chi connectivity index (χ0) is 13.5. The largest absolute Gasteiger partial charge is 0.598 e. The molecule has 1 N–H and O–H groups in total. The van der Waals surface area contributed by atoms with Crippen molar-refractivity contribution in [3.63, 3.8) is 0 Å². The molecule has 0 bridgehead atoms. The second-order valence-corrected chi connectivity index (χ2v) is 6.70. The second kappa shape index (κ2) is 8.00. The molecule has 0 rings (SSSR count). The Bertz CT molecular complexity index is 233. The summed E-state index contributed by atoms with van der Waals surface area (Å²) in [7, 11) is 0. The summed E-state index contributed by atoms with van der Waals surface area (Å²) in [4.78, 5) is 0. The van der Waals surface area contributed by atoms with Crippen molar-refractivity contribution in [2.45, 2.75) is 50.6 Å². The molecule has 0 heterocycles. The zero-order valence-corrected chi connectivity index (χ0v) is 11.2. The number of hydrogen-bond donors (Lipinski definition) is 1. The molecule has 0 radical (unpaired) electrons. The zero-order valence-electron chi connectivity index (χ0n) is 10.4. The Morgan fingerprint density at radius 3 is 2.41 bits per heavy atom. The van der Waals surface area contributed by atoms with Crippen molar-refractivity contribution in [2.24, 2.45) is 0 Å².